The molecule has 0 saturated carbocycles. The van der Waals surface area contributed by atoms with E-state index < -0.39 is 0 Å². The predicted octanol–water partition coefficient (Wildman–Crippen LogP) is 1.92. The van der Waals surface area contributed by atoms with Crippen LogP contribution in [0, 0.1) is 0 Å². The first-order chi connectivity index (χ1) is 9.74. The fraction of sp³-hybridized carbons (Fsp3) is 0.385. The third kappa shape index (κ3) is 3.71. The molecule has 0 bridgehead atoms. The summed E-state index contributed by atoms with van der Waals surface area (Å²) in [6, 6.07) is 3.98. The molecule has 0 aliphatic heterocycles. The van der Waals surface area contributed by atoms with Crippen LogP contribution in [0.15, 0.2) is 22.9 Å². The van der Waals surface area contributed by atoms with Crippen LogP contribution in [0.5, 0.6) is 11.5 Å². The van der Waals surface area contributed by atoms with Gasteiger partial charge in [-0.15, -0.1) is 0 Å². The summed E-state index contributed by atoms with van der Waals surface area (Å²) in [6.07, 6.45) is 2.33. The average Bonchev–Trinajstić information content (AvgIpc) is 2.96. The van der Waals surface area contributed by atoms with Gasteiger partial charge in [0.25, 0.3) is 0 Å². The minimum atomic E-state index is 0.706. The standard InChI is InChI=1S/C13H17BrN4O2/c1-19-11-6-9(5-10(14)13(11)20-2)7-15-4-3-12-16-8-17-18-12/h5-6,8,15H,3-4,7H2,1-2H3,(H,16,17,18). The molecule has 0 aliphatic carbocycles. The molecule has 1 aromatic heterocycles. The van der Waals surface area contributed by atoms with Gasteiger partial charge in [-0.25, -0.2) is 4.98 Å². The molecule has 0 saturated heterocycles. The molecule has 2 aromatic rings. The summed E-state index contributed by atoms with van der Waals surface area (Å²) < 4.78 is 11.5. The number of aromatic nitrogens is 3. The highest BCUT2D eigenvalue weighted by Gasteiger charge is 2.10. The van der Waals surface area contributed by atoms with E-state index in [2.05, 4.69) is 36.4 Å². The number of H-pyrrole nitrogens is 1. The molecule has 1 heterocycles. The molecule has 0 spiro atoms. The normalized spacial score (nSPS) is 10.6. The van der Waals surface area contributed by atoms with E-state index in [1.807, 2.05) is 12.1 Å². The number of aromatic amines is 1. The van der Waals surface area contributed by atoms with Crippen molar-refractivity contribution in [2.45, 2.75) is 13.0 Å². The Hall–Kier alpha value is -1.60. The van der Waals surface area contributed by atoms with Crippen molar-refractivity contribution < 1.29 is 9.47 Å². The summed E-state index contributed by atoms with van der Waals surface area (Å²) in [5.74, 6) is 2.30. The highest BCUT2D eigenvalue weighted by Crippen LogP contribution is 2.36. The van der Waals surface area contributed by atoms with E-state index in [0.717, 1.165) is 35.4 Å². The molecule has 2 N–H and O–H groups in total. The van der Waals surface area contributed by atoms with Crippen LogP contribution in [0.1, 0.15) is 11.4 Å². The number of hydrogen-bond donors (Lipinski definition) is 2. The molecule has 0 amide bonds. The second kappa shape index (κ2) is 7.25. The van der Waals surface area contributed by atoms with Crippen LogP contribution in [0.2, 0.25) is 0 Å². The van der Waals surface area contributed by atoms with Crippen molar-refractivity contribution in [2.75, 3.05) is 20.8 Å². The molecule has 1 aromatic carbocycles. The summed E-state index contributed by atoms with van der Waals surface area (Å²) in [7, 11) is 3.25. The summed E-state index contributed by atoms with van der Waals surface area (Å²) in [5.41, 5.74) is 1.12. The van der Waals surface area contributed by atoms with Gasteiger partial charge in [0.05, 0.1) is 18.7 Å². The molecule has 6 nitrogen and oxygen atoms in total. The molecular weight excluding hydrogens is 324 g/mol. The molecule has 0 radical (unpaired) electrons. The van der Waals surface area contributed by atoms with Crippen molar-refractivity contribution in [3.63, 3.8) is 0 Å². The maximum atomic E-state index is 5.32. The van der Waals surface area contributed by atoms with Gasteiger partial charge in [0.2, 0.25) is 0 Å². The first-order valence-electron chi connectivity index (χ1n) is 6.20. The largest absolute Gasteiger partial charge is 0.493 e. The van der Waals surface area contributed by atoms with E-state index in [4.69, 9.17) is 9.47 Å². The number of hydrogen-bond acceptors (Lipinski definition) is 5. The molecule has 7 heteroatoms. The molecule has 0 unspecified atom stereocenters. The van der Waals surface area contributed by atoms with E-state index in [1.54, 1.807) is 14.2 Å². The third-order valence-corrected chi connectivity index (χ3v) is 3.42. The Kier molecular flexibility index (Phi) is 5.37. The zero-order chi connectivity index (χ0) is 14.4. The summed E-state index contributed by atoms with van der Waals surface area (Å²) in [5, 5.41) is 10.00. The second-order valence-corrected chi connectivity index (χ2v) is 5.03. The number of halogens is 1. The highest BCUT2D eigenvalue weighted by atomic mass is 79.9. The van der Waals surface area contributed by atoms with Gasteiger partial charge in [0.15, 0.2) is 11.5 Å². The minimum Gasteiger partial charge on any atom is -0.493 e. The smallest absolute Gasteiger partial charge is 0.174 e. The van der Waals surface area contributed by atoms with Gasteiger partial charge >= 0.3 is 0 Å². The van der Waals surface area contributed by atoms with Crippen molar-refractivity contribution in [1.82, 2.24) is 20.5 Å². The summed E-state index contributed by atoms with van der Waals surface area (Å²) in [6.45, 7) is 1.56. The molecule has 20 heavy (non-hydrogen) atoms. The molecule has 0 fully saturated rings. The number of benzene rings is 1. The van der Waals surface area contributed by atoms with Crippen LogP contribution in [0.3, 0.4) is 0 Å². The number of ether oxygens (including phenoxy) is 2. The number of nitrogens with zero attached hydrogens (tertiary/aromatic N) is 2. The maximum Gasteiger partial charge on any atom is 0.174 e. The van der Waals surface area contributed by atoms with E-state index in [1.165, 1.54) is 6.33 Å². The molecular formula is C13H17BrN4O2. The lowest BCUT2D eigenvalue weighted by atomic mass is 10.2. The van der Waals surface area contributed by atoms with Crippen molar-refractivity contribution in [2.24, 2.45) is 0 Å². The zero-order valence-electron chi connectivity index (χ0n) is 11.4. The monoisotopic (exact) mass is 340 g/mol. The first-order valence-corrected chi connectivity index (χ1v) is 6.99. The first kappa shape index (κ1) is 14.8. The van der Waals surface area contributed by atoms with E-state index >= 15 is 0 Å². The molecule has 108 valence electrons. The Morgan fingerprint density at radius 1 is 1.30 bits per heavy atom. The van der Waals surface area contributed by atoms with Crippen molar-refractivity contribution in [1.29, 1.82) is 0 Å². The van der Waals surface area contributed by atoms with Gasteiger partial charge in [0, 0.05) is 19.5 Å². The van der Waals surface area contributed by atoms with E-state index in [0.29, 0.717) is 11.5 Å². The Bertz CT molecular complexity index is 546. The zero-order valence-corrected chi connectivity index (χ0v) is 13.0. The fourth-order valence-corrected chi connectivity index (χ4v) is 2.52. The van der Waals surface area contributed by atoms with Gasteiger partial charge in [-0.05, 0) is 33.6 Å². The Morgan fingerprint density at radius 2 is 2.15 bits per heavy atom. The van der Waals surface area contributed by atoms with Crippen LogP contribution in [0.4, 0.5) is 0 Å². The quantitative estimate of drug-likeness (QED) is 0.753. The van der Waals surface area contributed by atoms with Crippen LogP contribution in [0.25, 0.3) is 0 Å². The van der Waals surface area contributed by atoms with Gasteiger partial charge in [-0.2, -0.15) is 5.10 Å². The lowest BCUT2D eigenvalue weighted by molar-refractivity contribution is 0.352. The number of rotatable bonds is 7. The molecule has 2 rings (SSSR count). The van der Waals surface area contributed by atoms with E-state index in [-0.39, 0.29) is 0 Å². The Balaban J connectivity index is 1.91. The van der Waals surface area contributed by atoms with Crippen molar-refractivity contribution in [3.05, 3.63) is 34.3 Å². The summed E-state index contributed by atoms with van der Waals surface area (Å²) >= 11 is 3.48. The average molecular weight is 341 g/mol. The lowest BCUT2D eigenvalue weighted by Crippen LogP contribution is -2.17. The van der Waals surface area contributed by atoms with Gasteiger partial charge < -0.3 is 14.8 Å². The molecule has 0 atom stereocenters. The van der Waals surface area contributed by atoms with Gasteiger partial charge in [-0.1, -0.05) is 0 Å². The van der Waals surface area contributed by atoms with Crippen LogP contribution in [-0.2, 0) is 13.0 Å². The molecule has 0 aliphatic rings. The minimum absolute atomic E-state index is 0.706. The lowest BCUT2D eigenvalue weighted by Gasteiger charge is -2.12. The SMILES string of the molecule is COc1cc(CNCCc2ncn[nH]2)cc(Br)c1OC. The Labute approximate surface area is 126 Å². The van der Waals surface area contributed by atoms with Crippen LogP contribution < -0.4 is 14.8 Å². The number of methoxy groups -OCH3 is 2. The Morgan fingerprint density at radius 3 is 2.80 bits per heavy atom. The maximum absolute atomic E-state index is 5.32. The number of nitrogens with one attached hydrogen (secondary N) is 2. The summed E-state index contributed by atoms with van der Waals surface area (Å²) in [4.78, 5) is 4.07. The third-order valence-electron chi connectivity index (χ3n) is 2.83. The topological polar surface area (TPSA) is 72.1 Å². The van der Waals surface area contributed by atoms with Crippen LogP contribution in [-0.4, -0.2) is 35.9 Å². The van der Waals surface area contributed by atoms with Crippen molar-refractivity contribution >= 4 is 15.9 Å². The second-order valence-electron chi connectivity index (χ2n) is 4.17. The fourth-order valence-electron chi connectivity index (χ4n) is 1.86. The van der Waals surface area contributed by atoms with Gasteiger partial charge in [0.1, 0.15) is 12.2 Å². The van der Waals surface area contributed by atoms with E-state index in [9.17, 15) is 0 Å². The highest BCUT2D eigenvalue weighted by molar-refractivity contribution is 9.10. The van der Waals surface area contributed by atoms with Gasteiger partial charge in [-0.3, -0.25) is 5.10 Å². The van der Waals surface area contributed by atoms with Crippen LogP contribution >= 0.6 is 15.9 Å². The van der Waals surface area contributed by atoms with Crippen molar-refractivity contribution in [3.8, 4) is 11.5 Å². The predicted molar refractivity (Wildman–Crippen MR) is 79.0 cm³/mol.